The molecule has 4 aliphatic heterocycles. The van der Waals surface area contributed by atoms with Gasteiger partial charge in [-0.15, -0.1) is 0 Å². The number of nitrogens with zero attached hydrogens (tertiary/aromatic N) is 1. The Labute approximate surface area is 131 Å². The Hall–Kier alpha value is -1.96. The van der Waals surface area contributed by atoms with Gasteiger partial charge in [0.15, 0.2) is 11.9 Å². The van der Waals surface area contributed by atoms with Crippen LogP contribution in [-0.2, 0) is 30.3 Å². The van der Waals surface area contributed by atoms with Crippen LogP contribution >= 0.6 is 0 Å². The molecule has 0 aliphatic carbocycles. The topological polar surface area (TPSA) is 78.2 Å². The second-order valence-electron chi connectivity index (χ2n) is 6.21. The van der Waals surface area contributed by atoms with E-state index in [1.165, 1.54) is 11.2 Å². The number of fused-ring (bicyclic) bond motifs is 5. The molecular weight excluding hydrogens is 302 g/mol. The standard InChI is InChI=1S/C16H15NO6/c18-13-11-10-3-4-16(23-10,15-21-6-7-22-15)12(11)14(19)17(13)8-9-2-1-5-20-9/h1-5,10-12,15H,6-8H2/t10-,11-,12+,16-/m1/s1. The smallest absolute Gasteiger partial charge is 0.237 e. The van der Waals surface area contributed by atoms with Crippen LogP contribution in [0, 0.1) is 11.8 Å². The first-order chi connectivity index (χ1) is 11.2. The Morgan fingerprint density at radius 2 is 2.04 bits per heavy atom. The van der Waals surface area contributed by atoms with Gasteiger partial charge in [0.1, 0.15) is 5.76 Å². The van der Waals surface area contributed by atoms with Gasteiger partial charge >= 0.3 is 0 Å². The van der Waals surface area contributed by atoms with Crippen LogP contribution in [0.25, 0.3) is 0 Å². The van der Waals surface area contributed by atoms with Crippen LogP contribution in [0.3, 0.4) is 0 Å². The number of hydrogen-bond donors (Lipinski definition) is 0. The monoisotopic (exact) mass is 317 g/mol. The molecule has 0 spiro atoms. The van der Waals surface area contributed by atoms with E-state index >= 15 is 0 Å². The Balaban J connectivity index is 1.50. The molecule has 1 aromatic rings. The van der Waals surface area contributed by atoms with E-state index in [-0.39, 0.29) is 18.4 Å². The number of hydrogen-bond acceptors (Lipinski definition) is 6. The normalized spacial score (nSPS) is 39.0. The summed E-state index contributed by atoms with van der Waals surface area (Å²) in [6.45, 7) is 1.07. The Kier molecular flexibility index (Phi) is 2.66. The van der Waals surface area contributed by atoms with Crippen molar-refractivity contribution < 1.29 is 28.2 Å². The predicted octanol–water partition coefficient (Wildman–Crippen LogP) is 0.461. The summed E-state index contributed by atoms with van der Waals surface area (Å²) in [4.78, 5) is 26.9. The molecule has 7 nitrogen and oxygen atoms in total. The summed E-state index contributed by atoms with van der Waals surface area (Å²) in [5.41, 5.74) is -0.990. The first-order valence-corrected chi connectivity index (χ1v) is 7.69. The van der Waals surface area contributed by atoms with Gasteiger partial charge in [0, 0.05) is 0 Å². The fraction of sp³-hybridized carbons (Fsp3) is 0.500. The summed E-state index contributed by atoms with van der Waals surface area (Å²) in [5.74, 6) is -0.985. The maximum atomic E-state index is 12.9. The van der Waals surface area contributed by atoms with Crippen LogP contribution in [0.2, 0.25) is 0 Å². The summed E-state index contributed by atoms with van der Waals surface area (Å²) >= 11 is 0. The third kappa shape index (κ3) is 1.64. The van der Waals surface area contributed by atoms with E-state index in [4.69, 9.17) is 18.6 Å². The van der Waals surface area contributed by atoms with E-state index < -0.39 is 29.8 Å². The molecule has 4 aliphatic rings. The second kappa shape index (κ2) is 4.53. The van der Waals surface area contributed by atoms with Crippen LogP contribution in [0.15, 0.2) is 35.0 Å². The van der Waals surface area contributed by atoms with Crippen LogP contribution in [-0.4, -0.2) is 47.9 Å². The Bertz CT molecular complexity index is 691. The quantitative estimate of drug-likeness (QED) is 0.595. The highest BCUT2D eigenvalue weighted by molar-refractivity contribution is 6.07. The molecule has 2 bridgehead atoms. The lowest BCUT2D eigenvalue weighted by Gasteiger charge is -2.32. The molecular formula is C16H15NO6. The molecule has 0 radical (unpaired) electrons. The van der Waals surface area contributed by atoms with E-state index in [0.717, 1.165) is 0 Å². The first-order valence-electron chi connectivity index (χ1n) is 7.69. The zero-order valence-electron chi connectivity index (χ0n) is 12.2. The zero-order valence-corrected chi connectivity index (χ0v) is 12.2. The van der Waals surface area contributed by atoms with Crippen molar-refractivity contribution in [3.63, 3.8) is 0 Å². The molecule has 3 fully saturated rings. The Morgan fingerprint density at radius 1 is 1.22 bits per heavy atom. The van der Waals surface area contributed by atoms with Crippen LogP contribution in [0.1, 0.15) is 5.76 Å². The van der Waals surface area contributed by atoms with E-state index in [9.17, 15) is 9.59 Å². The number of likely N-dealkylation sites (tertiary alicyclic amines) is 1. The largest absolute Gasteiger partial charge is 0.467 e. The van der Waals surface area contributed by atoms with Gasteiger partial charge in [0.05, 0.1) is 44.0 Å². The molecule has 23 heavy (non-hydrogen) atoms. The first kappa shape index (κ1) is 13.5. The maximum absolute atomic E-state index is 12.9. The van der Waals surface area contributed by atoms with Gasteiger partial charge in [-0.05, 0) is 18.2 Å². The number of amides is 2. The van der Waals surface area contributed by atoms with Gasteiger partial charge in [0.2, 0.25) is 11.8 Å². The molecule has 0 aromatic carbocycles. The van der Waals surface area contributed by atoms with Crippen molar-refractivity contribution in [3.05, 3.63) is 36.3 Å². The van der Waals surface area contributed by atoms with Gasteiger partial charge in [0.25, 0.3) is 0 Å². The van der Waals surface area contributed by atoms with Crippen LogP contribution in [0.4, 0.5) is 0 Å². The molecule has 5 rings (SSSR count). The van der Waals surface area contributed by atoms with E-state index in [1.54, 1.807) is 12.1 Å². The third-order valence-electron chi connectivity index (χ3n) is 5.05. The number of imide groups is 1. The highest BCUT2D eigenvalue weighted by Crippen LogP contribution is 2.54. The third-order valence-corrected chi connectivity index (χ3v) is 5.05. The molecule has 4 atom stereocenters. The zero-order chi connectivity index (χ0) is 15.6. The van der Waals surface area contributed by atoms with Gasteiger partial charge in [-0.3, -0.25) is 14.5 Å². The van der Waals surface area contributed by atoms with Crippen molar-refractivity contribution in [1.29, 1.82) is 0 Å². The summed E-state index contributed by atoms with van der Waals surface area (Å²) in [6.07, 6.45) is 4.16. The summed E-state index contributed by atoms with van der Waals surface area (Å²) in [5, 5.41) is 0. The number of rotatable bonds is 3. The fourth-order valence-corrected chi connectivity index (χ4v) is 4.10. The fourth-order valence-electron chi connectivity index (χ4n) is 4.10. The minimum absolute atomic E-state index is 0.146. The average Bonchev–Trinajstić information content (AvgIpc) is 3.34. The molecule has 0 unspecified atom stereocenters. The number of carbonyl (C=O) groups is 2. The van der Waals surface area contributed by atoms with Gasteiger partial charge < -0.3 is 18.6 Å². The summed E-state index contributed by atoms with van der Waals surface area (Å²) in [6, 6.07) is 3.48. The van der Waals surface area contributed by atoms with E-state index in [2.05, 4.69) is 0 Å². The van der Waals surface area contributed by atoms with Crippen molar-refractivity contribution in [2.45, 2.75) is 24.5 Å². The highest BCUT2D eigenvalue weighted by atomic mass is 16.7. The van der Waals surface area contributed by atoms with E-state index in [1.807, 2.05) is 12.2 Å². The van der Waals surface area contributed by atoms with Crippen molar-refractivity contribution in [2.75, 3.05) is 13.2 Å². The van der Waals surface area contributed by atoms with Crippen LogP contribution < -0.4 is 0 Å². The van der Waals surface area contributed by atoms with Gasteiger partial charge in [-0.1, -0.05) is 6.08 Å². The minimum Gasteiger partial charge on any atom is -0.467 e. The minimum atomic E-state index is -0.990. The summed E-state index contributed by atoms with van der Waals surface area (Å²) < 4.78 is 22.4. The van der Waals surface area contributed by atoms with Gasteiger partial charge in [-0.25, -0.2) is 0 Å². The number of carbonyl (C=O) groups excluding carboxylic acids is 2. The molecule has 5 heterocycles. The second-order valence-corrected chi connectivity index (χ2v) is 6.21. The SMILES string of the molecule is O=C1[C@H]2[C@@H](C(=O)N1Cc1ccco1)[C@@]1(C3OCCO3)C=C[C@H]2O1. The van der Waals surface area contributed by atoms with Crippen molar-refractivity contribution in [2.24, 2.45) is 11.8 Å². The molecule has 120 valence electrons. The lowest BCUT2D eigenvalue weighted by molar-refractivity contribution is -0.183. The number of furan rings is 1. The maximum Gasteiger partial charge on any atom is 0.237 e. The Morgan fingerprint density at radius 3 is 2.78 bits per heavy atom. The van der Waals surface area contributed by atoms with Gasteiger partial charge in [-0.2, -0.15) is 0 Å². The van der Waals surface area contributed by atoms with Crippen molar-refractivity contribution >= 4 is 11.8 Å². The molecule has 1 aromatic heterocycles. The van der Waals surface area contributed by atoms with E-state index in [0.29, 0.717) is 19.0 Å². The summed E-state index contributed by atoms with van der Waals surface area (Å²) in [7, 11) is 0. The molecule has 2 amide bonds. The average molecular weight is 317 g/mol. The highest BCUT2D eigenvalue weighted by Gasteiger charge is 2.71. The molecule has 3 saturated heterocycles. The lowest BCUT2D eigenvalue weighted by atomic mass is 9.76. The van der Waals surface area contributed by atoms with Crippen molar-refractivity contribution in [3.8, 4) is 0 Å². The van der Waals surface area contributed by atoms with Crippen LogP contribution in [0.5, 0.6) is 0 Å². The lowest BCUT2D eigenvalue weighted by Crippen LogP contribution is -2.49. The number of ether oxygens (including phenoxy) is 3. The van der Waals surface area contributed by atoms with Crippen molar-refractivity contribution in [1.82, 2.24) is 4.90 Å². The molecule has 7 heteroatoms. The molecule has 0 N–H and O–H groups in total. The molecule has 0 saturated carbocycles. The predicted molar refractivity (Wildman–Crippen MR) is 73.7 cm³/mol.